The van der Waals surface area contributed by atoms with Crippen LogP contribution in [0.2, 0.25) is 0 Å². The SMILES string of the molecule is COc1cc(NC(=S)NCCc2c[nH]c3ccc(OC)cc23)cc(OC)c1. The topological polar surface area (TPSA) is 67.5 Å². The fourth-order valence-corrected chi connectivity index (χ4v) is 3.08. The van der Waals surface area contributed by atoms with Crippen LogP contribution in [0.1, 0.15) is 5.56 Å². The van der Waals surface area contributed by atoms with Gasteiger partial charge in [-0.05, 0) is 42.4 Å². The summed E-state index contributed by atoms with van der Waals surface area (Å²) in [6.07, 6.45) is 2.85. The molecule has 3 rings (SSSR count). The summed E-state index contributed by atoms with van der Waals surface area (Å²) >= 11 is 5.39. The molecule has 6 nitrogen and oxygen atoms in total. The van der Waals surface area contributed by atoms with Crippen molar-refractivity contribution < 1.29 is 14.2 Å². The number of hydrogen-bond acceptors (Lipinski definition) is 4. The summed E-state index contributed by atoms with van der Waals surface area (Å²) < 4.78 is 15.9. The fourth-order valence-electron chi connectivity index (χ4n) is 2.86. The van der Waals surface area contributed by atoms with Crippen LogP contribution in [0.15, 0.2) is 42.6 Å². The third kappa shape index (κ3) is 4.62. The number of thiocarbonyl (C=S) groups is 1. The summed E-state index contributed by atoms with van der Waals surface area (Å²) in [7, 11) is 4.91. The van der Waals surface area contributed by atoms with Crippen LogP contribution in [0.4, 0.5) is 5.69 Å². The average Bonchev–Trinajstić information content (AvgIpc) is 3.09. The zero-order valence-corrected chi connectivity index (χ0v) is 16.4. The van der Waals surface area contributed by atoms with E-state index in [-0.39, 0.29) is 0 Å². The quantitative estimate of drug-likeness (QED) is 0.539. The highest BCUT2D eigenvalue weighted by Crippen LogP contribution is 2.26. The molecule has 142 valence electrons. The van der Waals surface area contributed by atoms with E-state index in [1.807, 2.05) is 42.6 Å². The molecule has 2 aromatic carbocycles. The Morgan fingerprint density at radius 3 is 2.33 bits per heavy atom. The number of methoxy groups -OCH3 is 3. The Kier molecular flexibility index (Phi) is 6.03. The van der Waals surface area contributed by atoms with E-state index in [0.29, 0.717) is 23.2 Å². The van der Waals surface area contributed by atoms with Crippen molar-refractivity contribution in [2.75, 3.05) is 33.2 Å². The van der Waals surface area contributed by atoms with Crippen LogP contribution < -0.4 is 24.8 Å². The molecule has 0 aliphatic rings. The van der Waals surface area contributed by atoms with Crippen LogP contribution in [-0.2, 0) is 6.42 Å². The lowest BCUT2D eigenvalue weighted by Gasteiger charge is -2.13. The van der Waals surface area contributed by atoms with Gasteiger partial charge in [-0.2, -0.15) is 0 Å². The normalized spacial score (nSPS) is 10.5. The molecular weight excluding hydrogens is 362 g/mol. The number of aromatic nitrogens is 1. The predicted molar refractivity (Wildman–Crippen MR) is 112 cm³/mol. The van der Waals surface area contributed by atoms with Crippen molar-refractivity contribution >= 4 is 33.9 Å². The molecule has 0 fully saturated rings. The first kappa shape index (κ1) is 18.8. The Labute approximate surface area is 163 Å². The van der Waals surface area contributed by atoms with Crippen molar-refractivity contribution in [2.24, 2.45) is 0 Å². The van der Waals surface area contributed by atoms with Gasteiger partial charge in [0.15, 0.2) is 5.11 Å². The first-order chi connectivity index (χ1) is 13.1. The number of fused-ring (bicyclic) bond motifs is 1. The smallest absolute Gasteiger partial charge is 0.170 e. The molecule has 0 radical (unpaired) electrons. The van der Waals surface area contributed by atoms with Gasteiger partial charge < -0.3 is 29.8 Å². The van der Waals surface area contributed by atoms with Gasteiger partial charge in [-0.25, -0.2) is 0 Å². The van der Waals surface area contributed by atoms with Crippen LogP contribution in [0.25, 0.3) is 10.9 Å². The maximum absolute atomic E-state index is 5.39. The maximum Gasteiger partial charge on any atom is 0.170 e. The number of aromatic amines is 1. The van der Waals surface area contributed by atoms with E-state index in [9.17, 15) is 0 Å². The fraction of sp³-hybridized carbons (Fsp3) is 0.250. The van der Waals surface area contributed by atoms with Gasteiger partial charge in [0.25, 0.3) is 0 Å². The molecule has 0 aliphatic heterocycles. The summed E-state index contributed by atoms with van der Waals surface area (Å²) in [5, 5.41) is 8.09. The predicted octanol–water partition coefficient (Wildman–Crippen LogP) is 3.72. The molecule has 7 heteroatoms. The van der Waals surface area contributed by atoms with Crippen molar-refractivity contribution in [1.82, 2.24) is 10.3 Å². The molecule has 0 unspecified atom stereocenters. The van der Waals surface area contributed by atoms with Crippen molar-refractivity contribution in [3.63, 3.8) is 0 Å². The average molecular weight is 385 g/mol. The molecule has 0 saturated heterocycles. The Morgan fingerprint density at radius 2 is 1.67 bits per heavy atom. The zero-order valence-electron chi connectivity index (χ0n) is 15.6. The van der Waals surface area contributed by atoms with Crippen molar-refractivity contribution in [2.45, 2.75) is 6.42 Å². The highest BCUT2D eigenvalue weighted by atomic mass is 32.1. The lowest BCUT2D eigenvalue weighted by atomic mass is 10.1. The number of ether oxygens (including phenoxy) is 3. The van der Waals surface area contributed by atoms with Gasteiger partial charge in [-0.15, -0.1) is 0 Å². The van der Waals surface area contributed by atoms with Crippen LogP contribution in [0.5, 0.6) is 17.2 Å². The first-order valence-corrected chi connectivity index (χ1v) is 8.95. The number of benzene rings is 2. The summed E-state index contributed by atoms with van der Waals surface area (Å²) in [6, 6.07) is 11.5. The minimum Gasteiger partial charge on any atom is -0.497 e. The van der Waals surface area contributed by atoms with Gasteiger partial charge in [0, 0.05) is 47.5 Å². The molecule has 1 heterocycles. The Bertz CT molecular complexity index is 917. The van der Waals surface area contributed by atoms with Crippen molar-refractivity contribution in [3.05, 3.63) is 48.2 Å². The first-order valence-electron chi connectivity index (χ1n) is 8.55. The number of nitrogens with one attached hydrogen (secondary N) is 3. The summed E-state index contributed by atoms with van der Waals surface area (Å²) in [6.45, 7) is 0.705. The van der Waals surface area contributed by atoms with E-state index >= 15 is 0 Å². The van der Waals surface area contributed by atoms with Crippen LogP contribution in [0, 0.1) is 0 Å². The lowest BCUT2D eigenvalue weighted by Crippen LogP contribution is -2.30. The van der Waals surface area contributed by atoms with Gasteiger partial charge in [0.1, 0.15) is 17.2 Å². The molecule has 3 N–H and O–H groups in total. The second-order valence-electron chi connectivity index (χ2n) is 5.96. The van der Waals surface area contributed by atoms with Crippen LogP contribution in [-0.4, -0.2) is 38.0 Å². The summed E-state index contributed by atoms with van der Waals surface area (Å²) in [4.78, 5) is 3.28. The lowest BCUT2D eigenvalue weighted by molar-refractivity contribution is 0.395. The molecule has 1 aromatic heterocycles. The summed E-state index contributed by atoms with van der Waals surface area (Å²) in [5.41, 5.74) is 3.11. The molecule has 3 aromatic rings. The second-order valence-corrected chi connectivity index (χ2v) is 6.37. The van der Waals surface area contributed by atoms with E-state index in [0.717, 1.165) is 28.8 Å². The molecule has 27 heavy (non-hydrogen) atoms. The highest BCUT2D eigenvalue weighted by molar-refractivity contribution is 7.80. The van der Waals surface area contributed by atoms with E-state index in [1.165, 1.54) is 5.56 Å². The van der Waals surface area contributed by atoms with Gasteiger partial charge in [-0.3, -0.25) is 0 Å². The molecule has 0 bridgehead atoms. The number of rotatable bonds is 7. The van der Waals surface area contributed by atoms with Gasteiger partial charge in [-0.1, -0.05) is 0 Å². The Morgan fingerprint density at radius 1 is 0.963 bits per heavy atom. The maximum atomic E-state index is 5.39. The van der Waals surface area contributed by atoms with Gasteiger partial charge >= 0.3 is 0 Å². The second kappa shape index (κ2) is 8.64. The minimum absolute atomic E-state index is 0.544. The highest BCUT2D eigenvalue weighted by Gasteiger charge is 2.07. The van der Waals surface area contributed by atoms with E-state index in [1.54, 1.807) is 21.3 Å². The number of anilines is 1. The van der Waals surface area contributed by atoms with Crippen LogP contribution in [0.3, 0.4) is 0 Å². The third-order valence-electron chi connectivity index (χ3n) is 4.26. The van der Waals surface area contributed by atoms with E-state index in [2.05, 4.69) is 15.6 Å². The van der Waals surface area contributed by atoms with E-state index in [4.69, 9.17) is 26.4 Å². The van der Waals surface area contributed by atoms with Crippen molar-refractivity contribution in [3.8, 4) is 17.2 Å². The van der Waals surface area contributed by atoms with Crippen LogP contribution >= 0.6 is 12.2 Å². The number of hydrogen-bond donors (Lipinski definition) is 3. The molecule has 0 amide bonds. The van der Waals surface area contributed by atoms with Gasteiger partial charge in [0.05, 0.1) is 21.3 Å². The summed E-state index contributed by atoms with van der Waals surface area (Å²) in [5.74, 6) is 2.25. The van der Waals surface area contributed by atoms with Gasteiger partial charge in [0.2, 0.25) is 0 Å². The largest absolute Gasteiger partial charge is 0.497 e. The molecule has 0 saturated carbocycles. The standard InChI is InChI=1S/C20H23N3O3S/c1-24-15-4-5-19-18(11-15)13(12-22-19)6-7-21-20(27)23-14-8-16(25-2)10-17(9-14)26-3/h4-5,8-12,22H,6-7H2,1-3H3,(H2,21,23,27). The molecule has 0 aliphatic carbocycles. The monoisotopic (exact) mass is 385 g/mol. The van der Waals surface area contributed by atoms with E-state index < -0.39 is 0 Å². The molecular formula is C20H23N3O3S. The van der Waals surface area contributed by atoms with Crippen molar-refractivity contribution in [1.29, 1.82) is 0 Å². The zero-order chi connectivity index (χ0) is 19.2. The number of H-pyrrole nitrogens is 1. The minimum atomic E-state index is 0.544. The Balaban J connectivity index is 1.59. The molecule has 0 atom stereocenters. The Hall–Kier alpha value is -2.93. The third-order valence-corrected chi connectivity index (χ3v) is 4.51. The molecule has 0 spiro atoms.